The third kappa shape index (κ3) is 4.00. The quantitative estimate of drug-likeness (QED) is 0.586. The molecule has 2 heterocycles. The Kier molecular flexibility index (Phi) is 5.49. The fourth-order valence-corrected chi connectivity index (χ4v) is 4.47. The van der Waals surface area contributed by atoms with E-state index in [1.165, 1.54) is 10.5 Å². The molecule has 1 aliphatic heterocycles. The highest BCUT2D eigenvalue weighted by atomic mass is 32.2. The van der Waals surface area contributed by atoms with Crippen LogP contribution in [0.1, 0.15) is 24.0 Å². The highest BCUT2D eigenvalue weighted by molar-refractivity contribution is 7.92. The number of nitrogens with two attached hydrogens (primary N) is 1. The van der Waals surface area contributed by atoms with Crippen LogP contribution in [0.5, 0.6) is 0 Å². The zero-order valence-electron chi connectivity index (χ0n) is 14.4. The minimum atomic E-state index is -3.53. The maximum absolute atomic E-state index is 12.3. The van der Waals surface area contributed by atoms with Gasteiger partial charge in [-0.15, -0.1) is 0 Å². The Balaban J connectivity index is 1.95. The first-order chi connectivity index (χ1) is 12.4. The van der Waals surface area contributed by atoms with Gasteiger partial charge in [0.2, 0.25) is 16.0 Å². The zero-order valence-corrected chi connectivity index (χ0v) is 16.1. The van der Waals surface area contributed by atoms with Crippen molar-refractivity contribution >= 4 is 38.9 Å². The summed E-state index contributed by atoms with van der Waals surface area (Å²) in [6, 6.07) is 9.25. The van der Waals surface area contributed by atoms with Crippen LogP contribution in [0.15, 0.2) is 36.5 Å². The van der Waals surface area contributed by atoms with Gasteiger partial charge in [-0.25, -0.2) is 17.7 Å². The molecule has 9 heteroatoms. The van der Waals surface area contributed by atoms with E-state index in [1.807, 2.05) is 30.3 Å². The molecular formula is C17H21N5O2S2. The number of thiocarbonyl (C=S) groups is 1. The first-order valence-electron chi connectivity index (χ1n) is 8.30. The summed E-state index contributed by atoms with van der Waals surface area (Å²) in [5.41, 5.74) is 7.46. The zero-order chi connectivity index (χ0) is 18.7. The summed E-state index contributed by atoms with van der Waals surface area (Å²) in [7, 11) is -3.53. The number of rotatable bonds is 5. The van der Waals surface area contributed by atoms with Gasteiger partial charge in [0.25, 0.3) is 0 Å². The molecule has 1 aromatic carbocycles. The number of piperidine rings is 1. The lowest BCUT2D eigenvalue weighted by atomic mass is 10.1. The van der Waals surface area contributed by atoms with Crippen LogP contribution in [0.4, 0.5) is 11.8 Å². The molecule has 0 saturated carbocycles. The second-order valence-electron chi connectivity index (χ2n) is 6.20. The molecule has 1 saturated heterocycles. The van der Waals surface area contributed by atoms with E-state index >= 15 is 0 Å². The normalized spacial score (nSPS) is 15.6. The molecule has 3 rings (SSSR count). The summed E-state index contributed by atoms with van der Waals surface area (Å²) in [5, 5.41) is 3.22. The van der Waals surface area contributed by atoms with E-state index in [2.05, 4.69) is 15.3 Å². The van der Waals surface area contributed by atoms with E-state index in [9.17, 15) is 8.42 Å². The fraction of sp³-hybridized carbons (Fsp3) is 0.353. The van der Waals surface area contributed by atoms with Crippen LogP contribution >= 0.6 is 12.2 Å². The SMILES string of the molecule is CS(=O)(=O)N(c1ncc(C(=S)c2ccccc2)c(N)n1)C1CCNCC1. The van der Waals surface area contributed by atoms with Gasteiger partial charge in [-0.2, -0.15) is 4.98 Å². The largest absolute Gasteiger partial charge is 0.383 e. The van der Waals surface area contributed by atoms with Crippen molar-refractivity contribution < 1.29 is 8.42 Å². The molecule has 7 nitrogen and oxygen atoms in total. The maximum atomic E-state index is 12.3. The molecule has 1 aromatic heterocycles. The topological polar surface area (TPSA) is 101 Å². The lowest BCUT2D eigenvalue weighted by molar-refractivity contribution is 0.451. The highest BCUT2D eigenvalue weighted by Crippen LogP contribution is 2.24. The van der Waals surface area contributed by atoms with E-state index in [1.54, 1.807) is 0 Å². The summed E-state index contributed by atoms with van der Waals surface area (Å²) < 4.78 is 26.0. The van der Waals surface area contributed by atoms with Crippen LogP contribution < -0.4 is 15.4 Å². The predicted molar refractivity (Wildman–Crippen MR) is 107 cm³/mol. The molecule has 2 aromatic rings. The first kappa shape index (κ1) is 18.7. The van der Waals surface area contributed by atoms with Crippen molar-refractivity contribution in [3.05, 3.63) is 47.7 Å². The number of nitrogen functional groups attached to an aromatic ring is 1. The molecule has 0 aliphatic carbocycles. The number of anilines is 2. The van der Waals surface area contributed by atoms with Crippen molar-refractivity contribution in [2.75, 3.05) is 29.4 Å². The molecule has 0 radical (unpaired) electrons. The molecule has 0 atom stereocenters. The smallest absolute Gasteiger partial charge is 0.241 e. The van der Waals surface area contributed by atoms with Gasteiger partial charge in [-0.05, 0) is 31.5 Å². The third-order valence-electron chi connectivity index (χ3n) is 4.28. The minimum Gasteiger partial charge on any atom is -0.383 e. The molecule has 26 heavy (non-hydrogen) atoms. The number of hydrogen-bond donors (Lipinski definition) is 2. The molecule has 1 fully saturated rings. The summed E-state index contributed by atoms with van der Waals surface area (Å²) >= 11 is 5.48. The van der Waals surface area contributed by atoms with Gasteiger partial charge in [0, 0.05) is 6.20 Å². The van der Waals surface area contributed by atoms with E-state index in [0.717, 1.165) is 24.9 Å². The average molecular weight is 392 g/mol. The average Bonchev–Trinajstić information content (AvgIpc) is 2.62. The van der Waals surface area contributed by atoms with Gasteiger partial charge in [0.1, 0.15) is 5.82 Å². The Morgan fingerprint density at radius 3 is 2.50 bits per heavy atom. The molecular weight excluding hydrogens is 370 g/mol. The van der Waals surface area contributed by atoms with E-state index in [-0.39, 0.29) is 17.8 Å². The standard InChI is InChI=1S/C17H21N5O2S2/c1-26(23,24)22(13-7-9-19-10-8-13)17-20-11-14(16(18)21-17)15(25)12-5-3-2-4-6-12/h2-6,11,13,19H,7-10H2,1H3,(H2,18,20,21). The van der Waals surface area contributed by atoms with Crippen molar-refractivity contribution in [1.82, 2.24) is 15.3 Å². The minimum absolute atomic E-state index is 0.0940. The monoisotopic (exact) mass is 391 g/mol. The second kappa shape index (κ2) is 7.65. The molecule has 0 spiro atoms. The number of aromatic nitrogens is 2. The fourth-order valence-electron chi connectivity index (χ4n) is 3.04. The molecule has 0 bridgehead atoms. The molecule has 0 amide bonds. The third-order valence-corrected chi connectivity index (χ3v) is 5.91. The van der Waals surface area contributed by atoms with Gasteiger partial charge in [-0.1, -0.05) is 42.5 Å². The van der Waals surface area contributed by atoms with Crippen molar-refractivity contribution in [3.8, 4) is 0 Å². The van der Waals surface area contributed by atoms with Crippen LogP contribution in [0.25, 0.3) is 0 Å². The van der Waals surface area contributed by atoms with E-state index in [0.29, 0.717) is 23.3 Å². The lowest BCUT2D eigenvalue weighted by Crippen LogP contribution is -2.46. The number of hydrogen-bond acceptors (Lipinski definition) is 7. The molecule has 1 aliphatic rings. The van der Waals surface area contributed by atoms with Crippen molar-refractivity contribution in [1.29, 1.82) is 0 Å². The van der Waals surface area contributed by atoms with Crippen molar-refractivity contribution in [2.45, 2.75) is 18.9 Å². The van der Waals surface area contributed by atoms with Gasteiger partial charge < -0.3 is 11.1 Å². The molecule has 3 N–H and O–H groups in total. The van der Waals surface area contributed by atoms with Crippen molar-refractivity contribution in [2.24, 2.45) is 0 Å². The number of benzene rings is 1. The molecule has 0 unspecified atom stereocenters. The number of sulfonamides is 1. The van der Waals surface area contributed by atoms with Gasteiger partial charge >= 0.3 is 0 Å². The summed E-state index contributed by atoms with van der Waals surface area (Å²) in [6.07, 6.45) is 4.06. The Hall–Kier alpha value is -2.10. The Morgan fingerprint density at radius 2 is 1.92 bits per heavy atom. The van der Waals surface area contributed by atoms with E-state index < -0.39 is 10.0 Å². The number of nitrogens with one attached hydrogen (secondary N) is 1. The van der Waals surface area contributed by atoms with Crippen LogP contribution in [-0.4, -0.2) is 48.6 Å². The van der Waals surface area contributed by atoms with Gasteiger partial charge in [-0.3, -0.25) is 0 Å². The Bertz CT molecular complexity index is 897. The second-order valence-corrected chi connectivity index (χ2v) is 8.47. The van der Waals surface area contributed by atoms with E-state index in [4.69, 9.17) is 18.0 Å². The predicted octanol–water partition coefficient (Wildman–Crippen LogP) is 1.34. The molecule has 138 valence electrons. The first-order valence-corrected chi connectivity index (χ1v) is 10.6. The van der Waals surface area contributed by atoms with Gasteiger partial charge in [0.15, 0.2) is 0 Å². The Morgan fingerprint density at radius 1 is 1.27 bits per heavy atom. The van der Waals surface area contributed by atoms with Gasteiger partial charge in [0.05, 0.1) is 22.7 Å². The van der Waals surface area contributed by atoms with Crippen LogP contribution in [0.3, 0.4) is 0 Å². The Labute approximate surface area is 158 Å². The summed E-state index contributed by atoms with van der Waals surface area (Å²) in [5.74, 6) is 0.267. The van der Waals surface area contributed by atoms with Crippen LogP contribution in [-0.2, 0) is 10.0 Å². The van der Waals surface area contributed by atoms with Crippen molar-refractivity contribution in [3.63, 3.8) is 0 Å². The summed E-state index contributed by atoms with van der Waals surface area (Å²) in [6.45, 7) is 1.50. The maximum Gasteiger partial charge on any atom is 0.241 e. The number of nitrogens with zero attached hydrogens (tertiary/aromatic N) is 3. The van der Waals surface area contributed by atoms with Crippen LogP contribution in [0, 0.1) is 0 Å². The lowest BCUT2D eigenvalue weighted by Gasteiger charge is -2.32. The summed E-state index contributed by atoms with van der Waals surface area (Å²) in [4.78, 5) is 9.07. The van der Waals surface area contributed by atoms with Crippen LogP contribution in [0.2, 0.25) is 0 Å². The highest BCUT2D eigenvalue weighted by Gasteiger charge is 2.31.